The molecule has 0 radical (unpaired) electrons. The lowest BCUT2D eigenvalue weighted by molar-refractivity contribution is -0.136. The zero-order valence-electron chi connectivity index (χ0n) is 9.81. The van der Waals surface area contributed by atoms with Crippen molar-refractivity contribution < 1.29 is 14.3 Å². The molecule has 2 rings (SSSR count). The van der Waals surface area contributed by atoms with Gasteiger partial charge in [0.1, 0.15) is 5.82 Å². The number of aliphatic carboxylic acids is 1. The van der Waals surface area contributed by atoms with Gasteiger partial charge >= 0.3 is 5.97 Å². The molecule has 0 aliphatic rings. The van der Waals surface area contributed by atoms with Gasteiger partial charge in [-0.2, -0.15) is 0 Å². The first kappa shape index (κ1) is 12.7. The summed E-state index contributed by atoms with van der Waals surface area (Å²) in [7, 11) is 0. The van der Waals surface area contributed by atoms with Crippen LogP contribution >= 0.6 is 11.3 Å². The molecule has 0 unspecified atom stereocenters. The predicted molar refractivity (Wildman–Crippen MR) is 68.2 cm³/mol. The normalized spacial score (nSPS) is 10.6. The predicted octanol–water partition coefficient (Wildman–Crippen LogP) is 3.27. The first-order valence-corrected chi connectivity index (χ1v) is 6.32. The number of aryl methyl sites for hydroxylation is 2. The summed E-state index contributed by atoms with van der Waals surface area (Å²) in [5.74, 6) is -1.12. The molecule has 5 heteroatoms. The molecule has 0 atom stereocenters. The first-order valence-electron chi connectivity index (χ1n) is 5.50. The third-order valence-corrected chi connectivity index (χ3v) is 3.52. The van der Waals surface area contributed by atoms with E-state index >= 15 is 0 Å². The molecular formula is C13H12FNO2S. The van der Waals surface area contributed by atoms with Gasteiger partial charge in [0.05, 0.1) is 17.1 Å². The summed E-state index contributed by atoms with van der Waals surface area (Å²) in [5, 5.41) is 9.60. The standard InChI is InChI=1S/C13H12FNO2S/c1-8-15-13(9-2-4-10(14)5-3-9)11(18-8)6-7-12(16)17/h2-5H,6-7H2,1H3,(H,16,17). The van der Waals surface area contributed by atoms with E-state index in [0.29, 0.717) is 6.42 Å². The Morgan fingerprint density at radius 1 is 1.39 bits per heavy atom. The maximum Gasteiger partial charge on any atom is 0.303 e. The minimum absolute atomic E-state index is 0.0792. The molecule has 3 nitrogen and oxygen atoms in total. The number of carboxylic acids is 1. The zero-order valence-corrected chi connectivity index (χ0v) is 10.6. The van der Waals surface area contributed by atoms with Gasteiger partial charge in [-0.3, -0.25) is 4.79 Å². The molecule has 0 fully saturated rings. The van der Waals surface area contributed by atoms with Crippen LogP contribution in [0, 0.1) is 12.7 Å². The van der Waals surface area contributed by atoms with Crippen LogP contribution in [-0.2, 0) is 11.2 Å². The second-order valence-electron chi connectivity index (χ2n) is 3.91. The second kappa shape index (κ2) is 5.27. The van der Waals surface area contributed by atoms with Crippen molar-refractivity contribution in [2.75, 3.05) is 0 Å². The molecule has 0 amide bonds. The van der Waals surface area contributed by atoms with Gasteiger partial charge in [-0.1, -0.05) is 0 Å². The number of hydrogen-bond donors (Lipinski definition) is 1. The average Bonchev–Trinajstić information content (AvgIpc) is 2.69. The fourth-order valence-electron chi connectivity index (χ4n) is 1.69. The van der Waals surface area contributed by atoms with Crippen molar-refractivity contribution >= 4 is 17.3 Å². The molecule has 18 heavy (non-hydrogen) atoms. The summed E-state index contributed by atoms with van der Waals surface area (Å²) in [4.78, 5) is 15.9. The van der Waals surface area contributed by atoms with E-state index in [9.17, 15) is 9.18 Å². The Bertz CT molecular complexity index is 563. The van der Waals surface area contributed by atoms with Crippen LogP contribution in [0.15, 0.2) is 24.3 Å². The second-order valence-corrected chi connectivity index (χ2v) is 5.19. The van der Waals surface area contributed by atoms with E-state index in [4.69, 9.17) is 5.11 Å². The van der Waals surface area contributed by atoms with Crippen molar-refractivity contribution in [1.29, 1.82) is 0 Å². The number of aromatic nitrogens is 1. The van der Waals surface area contributed by atoms with Crippen LogP contribution in [0.1, 0.15) is 16.3 Å². The molecule has 0 aliphatic carbocycles. The number of nitrogens with zero attached hydrogens (tertiary/aromatic N) is 1. The number of rotatable bonds is 4. The third-order valence-electron chi connectivity index (χ3n) is 2.49. The minimum atomic E-state index is -0.828. The Morgan fingerprint density at radius 2 is 2.06 bits per heavy atom. The molecule has 1 aromatic heterocycles. The fraction of sp³-hybridized carbons (Fsp3) is 0.231. The van der Waals surface area contributed by atoms with E-state index in [1.165, 1.54) is 23.5 Å². The highest BCUT2D eigenvalue weighted by Crippen LogP contribution is 2.29. The lowest BCUT2D eigenvalue weighted by Crippen LogP contribution is -1.97. The summed E-state index contributed by atoms with van der Waals surface area (Å²) < 4.78 is 12.9. The largest absolute Gasteiger partial charge is 0.481 e. The highest BCUT2D eigenvalue weighted by Gasteiger charge is 2.12. The van der Waals surface area contributed by atoms with Gasteiger partial charge < -0.3 is 5.11 Å². The van der Waals surface area contributed by atoms with Crippen molar-refractivity contribution in [1.82, 2.24) is 4.98 Å². The molecular weight excluding hydrogens is 253 g/mol. The van der Waals surface area contributed by atoms with E-state index in [1.54, 1.807) is 12.1 Å². The van der Waals surface area contributed by atoms with Gasteiger partial charge in [0.25, 0.3) is 0 Å². The average molecular weight is 265 g/mol. The maximum absolute atomic E-state index is 12.9. The monoisotopic (exact) mass is 265 g/mol. The van der Waals surface area contributed by atoms with Crippen LogP contribution in [0.3, 0.4) is 0 Å². The summed E-state index contributed by atoms with van der Waals surface area (Å²) in [5.41, 5.74) is 1.58. The van der Waals surface area contributed by atoms with Crippen LogP contribution in [0.25, 0.3) is 11.3 Å². The summed E-state index contributed by atoms with van der Waals surface area (Å²) in [6.07, 6.45) is 0.531. The summed E-state index contributed by atoms with van der Waals surface area (Å²) >= 11 is 1.49. The molecule has 2 aromatic rings. The number of hydrogen-bond acceptors (Lipinski definition) is 3. The Kier molecular flexibility index (Phi) is 3.72. The summed E-state index contributed by atoms with van der Waals surface area (Å²) in [6.45, 7) is 1.88. The Balaban J connectivity index is 2.31. The van der Waals surface area contributed by atoms with E-state index < -0.39 is 5.97 Å². The molecule has 1 heterocycles. The van der Waals surface area contributed by atoms with Crippen molar-refractivity contribution in [3.8, 4) is 11.3 Å². The van der Waals surface area contributed by atoms with Gasteiger partial charge in [-0.05, 0) is 37.6 Å². The van der Waals surface area contributed by atoms with Crippen LogP contribution in [0.4, 0.5) is 4.39 Å². The molecule has 0 spiro atoms. The SMILES string of the molecule is Cc1nc(-c2ccc(F)cc2)c(CCC(=O)O)s1. The van der Waals surface area contributed by atoms with Crippen LogP contribution in [0.2, 0.25) is 0 Å². The van der Waals surface area contributed by atoms with Gasteiger partial charge in [-0.25, -0.2) is 9.37 Å². The maximum atomic E-state index is 12.9. The van der Waals surface area contributed by atoms with E-state index in [-0.39, 0.29) is 12.2 Å². The molecule has 0 saturated heterocycles. The topological polar surface area (TPSA) is 50.2 Å². The highest BCUT2D eigenvalue weighted by atomic mass is 32.1. The Morgan fingerprint density at radius 3 is 2.67 bits per heavy atom. The van der Waals surface area contributed by atoms with Gasteiger partial charge in [0.15, 0.2) is 0 Å². The molecule has 94 valence electrons. The smallest absolute Gasteiger partial charge is 0.303 e. The number of benzene rings is 1. The Hall–Kier alpha value is -1.75. The molecule has 0 bridgehead atoms. The lowest BCUT2D eigenvalue weighted by Gasteiger charge is -2.01. The molecule has 0 aliphatic heterocycles. The highest BCUT2D eigenvalue weighted by molar-refractivity contribution is 7.12. The number of carboxylic acid groups (broad SMARTS) is 1. The van der Waals surface area contributed by atoms with Crippen LogP contribution in [-0.4, -0.2) is 16.1 Å². The van der Waals surface area contributed by atoms with Gasteiger partial charge in [0.2, 0.25) is 0 Å². The number of carbonyl (C=O) groups is 1. The van der Waals surface area contributed by atoms with Crippen molar-refractivity contribution in [3.63, 3.8) is 0 Å². The zero-order chi connectivity index (χ0) is 13.1. The molecule has 1 aromatic carbocycles. The lowest BCUT2D eigenvalue weighted by atomic mass is 10.1. The number of halogens is 1. The van der Waals surface area contributed by atoms with E-state index in [2.05, 4.69) is 4.98 Å². The Labute approximate surface area is 108 Å². The minimum Gasteiger partial charge on any atom is -0.481 e. The van der Waals surface area contributed by atoms with E-state index in [0.717, 1.165) is 21.1 Å². The van der Waals surface area contributed by atoms with Gasteiger partial charge in [0, 0.05) is 10.4 Å². The number of thiazole rings is 1. The van der Waals surface area contributed by atoms with Gasteiger partial charge in [-0.15, -0.1) is 11.3 Å². The van der Waals surface area contributed by atoms with Crippen LogP contribution in [0.5, 0.6) is 0 Å². The van der Waals surface area contributed by atoms with Crippen molar-refractivity contribution in [3.05, 3.63) is 40.0 Å². The quantitative estimate of drug-likeness (QED) is 0.923. The van der Waals surface area contributed by atoms with Crippen LogP contribution < -0.4 is 0 Å². The molecule has 1 N–H and O–H groups in total. The van der Waals surface area contributed by atoms with Crippen molar-refractivity contribution in [2.45, 2.75) is 19.8 Å². The van der Waals surface area contributed by atoms with E-state index in [1.807, 2.05) is 6.92 Å². The fourth-order valence-corrected chi connectivity index (χ4v) is 2.65. The van der Waals surface area contributed by atoms with Crippen molar-refractivity contribution in [2.24, 2.45) is 0 Å². The first-order chi connectivity index (χ1) is 8.56. The summed E-state index contributed by atoms with van der Waals surface area (Å²) in [6, 6.07) is 6.08. The molecule has 0 saturated carbocycles. The third kappa shape index (κ3) is 2.92.